The number of rotatable bonds is 7. The molecule has 0 aliphatic carbocycles. The van der Waals surface area contributed by atoms with Crippen LogP contribution in [-0.2, 0) is 14.6 Å². The van der Waals surface area contributed by atoms with Crippen LogP contribution in [0.1, 0.15) is 26.7 Å². The van der Waals surface area contributed by atoms with Crippen molar-refractivity contribution in [3.8, 4) is 16.9 Å². The van der Waals surface area contributed by atoms with Gasteiger partial charge in [-0.25, -0.2) is 8.42 Å². The fraction of sp³-hybridized carbons (Fsp3) is 0.409. The van der Waals surface area contributed by atoms with Crippen LogP contribution in [0.3, 0.4) is 0 Å². The Morgan fingerprint density at radius 1 is 1.11 bits per heavy atom. The summed E-state index contributed by atoms with van der Waals surface area (Å²) >= 11 is 0. The third-order valence-corrected chi connectivity index (χ3v) is 7.03. The van der Waals surface area contributed by atoms with E-state index in [0.717, 1.165) is 17.5 Å². The molecule has 0 N–H and O–H groups in total. The molecule has 1 saturated heterocycles. The molecule has 0 radical (unpaired) electrons. The van der Waals surface area contributed by atoms with E-state index in [4.69, 9.17) is 4.74 Å². The van der Waals surface area contributed by atoms with Gasteiger partial charge < -0.3 is 9.64 Å². The molecule has 1 amide bonds. The largest absolute Gasteiger partial charge is 0.484 e. The molecule has 0 bridgehead atoms. The summed E-state index contributed by atoms with van der Waals surface area (Å²) < 4.78 is 29.4. The summed E-state index contributed by atoms with van der Waals surface area (Å²) in [5.74, 6) is 0.661. The van der Waals surface area contributed by atoms with E-state index in [9.17, 15) is 13.2 Å². The summed E-state index contributed by atoms with van der Waals surface area (Å²) in [6.07, 6.45) is 1.28. The van der Waals surface area contributed by atoms with Crippen LogP contribution in [-0.4, -0.2) is 49.4 Å². The lowest BCUT2D eigenvalue weighted by molar-refractivity contribution is -0.137. The Morgan fingerprint density at radius 3 is 2.32 bits per heavy atom. The van der Waals surface area contributed by atoms with E-state index in [0.29, 0.717) is 12.2 Å². The fourth-order valence-electron chi connectivity index (χ4n) is 3.59. The summed E-state index contributed by atoms with van der Waals surface area (Å²) in [7, 11) is -3.05. The van der Waals surface area contributed by atoms with Crippen LogP contribution in [0.15, 0.2) is 54.6 Å². The van der Waals surface area contributed by atoms with Crippen LogP contribution in [0, 0.1) is 0 Å². The van der Waals surface area contributed by atoms with Crippen LogP contribution in [0.25, 0.3) is 11.1 Å². The van der Waals surface area contributed by atoms with Crippen molar-refractivity contribution in [1.29, 1.82) is 0 Å². The standard InChI is InChI=1S/C22H27NO4S/c1-3-17(2)23(20-13-14-28(25,26)16-20)22(24)15-27-21-11-9-19(10-12-21)18-7-5-4-6-8-18/h4-12,17,20H,3,13-16H2,1-2H3/t17-,20+/m0/s1. The molecule has 5 nitrogen and oxygen atoms in total. The molecule has 0 saturated carbocycles. The molecule has 2 aromatic rings. The molecule has 1 aliphatic rings. The van der Waals surface area contributed by atoms with E-state index >= 15 is 0 Å². The number of amides is 1. The van der Waals surface area contributed by atoms with Gasteiger partial charge in [0, 0.05) is 12.1 Å². The predicted octanol–water partition coefficient (Wildman–Crippen LogP) is 3.55. The third-order valence-electron chi connectivity index (χ3n) is 5.28. The van der Waals surface area contributed by atoms with Gasteiger partial charge in [-0.15, -0.1) is 0 Å². The zero-order valence-electron chi connectivity index (χ0n) is 16.4. The van der Waals surface area contributed by atoms with Gasteiger partial charge in [-0.2, -0.15) is 0 Å². The van der Waals surface area contributed by atoms with Crippen LogP contribution in [0.2, 0.25) is 0 Å². The van der Waals surface area contributed by atoms with Gasteiger partial charge in [0.05, 0.1) is 11.5 Å². The normalized spacial score (nSPS) is 19.1. The average molecular weight is 402 g/mol. The second-order valence-corrected chi connectivity index (χ2v) is 9.52. The molecule has 3 rings (SSSR count). The zero-order chi connectivity index (χ0) is 20.1. The number of nitrogens with zero attached hydrogens (tertiary/aromatic N) is 1. The van der Waals surface area contributed by atoms with Gasteiger partial charge in [-0.05, 0) is 43.0 Å². The fourth-order valence-corrected chi connectivity index (χ4v) is 5.31. The van der Waals surface area contributed by atoms with Crippen LogP contribution in [0.5, 0.6) is 5.75 Å². The number of hydrogen-bond acceptors (Lipinski definition) is 4. The maximum absolute atomic E-state index is 12.8. The quantitative estimate of drug-likeness (QED) is 0.712. The SMILES string of the molecule is CC[C@H](C)N(C(=O)COc1ccc(-c2ccccc2)cc1)[C@@H]1CCS(=O)(=O)C1. The molecule has 0 aromatic heterocycles. The third kappa shape index (κ3) is 4.93. The summed E-state index contributed by atoms with van der Waals surface area (Å²) in [5.41, 5.74) is 2.20. The highest BCUT2D eigenvalue weighted by Crippen LogP contribution is 2.24. The van der Waals surface area contributed by atoms with Gasteiger partial charge in [0.1, 0.15) is 5.75 Å². The highest BCUT2D eigenvalue weighted by molar-refractivity contribution is 7.91. The van der Waals surface area contributed by atoms with Gasteiger partial charge in [0.15, 0.2) is 16.4 Å². The van der Waals surface area contributed by atoms with Crippen LogP contribution >= 0.6 is 0 Å². The highest BCUT2D eigenvalue weighted by atomic mass is 32.2. The van der Waals surface area contributed by atoms with Gasteiger partial charge in [0.25, 0.3) is 5.91 Å². The Labute approximate surface area is 167 Å². The molecule has 2 atom stereocenters. The van der Waals surface area contributed by atoms with Crippen molar-refractivity contribution >= 4 is 15.7 Å². The number of benzene rings is 2. The molecular formula is C22H27NO4S. The van der Waals surface area contributed by atoms with Crippen molar-refractivity contribution in [3.05, 3.63) is 54.6 Å². The minimum Gasteiger partial charge on any atom is -0.484 e. The lowest BCUT2D eigenvalue weighted by atomic mass is 10.1. The van der Waals surface area contributed by atoms with Crippen molar-refractivity contribution in [2.24, 2.45) is 0 Å². The Morgan fingerprint density at radius 2 is 1.75 bits per heavy atom. The van der Waals surface area contributed by atoms with E-state index in [-0.39, 0.29) is 36.1 Å². The Bertz CT molecular complexity index is 894. The molecule has 1 aliphatic heterocycles. The second kappa shape index (κ2) is 8.78. The van der Waals surface area contributed by atoms with E-state index in [1.54, 1.807) is 4.90 Å². The Balaban J connectivity index is 1.64. The number of sulfone groups is 1. The summed E-state index contributed by atoms with van der Waals surface area (Å²) in [4.78, 5) is 14.5. The number of hydrogen-bond donors (Lipinski definition) is 0. The first-order valence-electron chi connectivity index (χ1n) is 9.69. The van der Waals surface area contributed by atoms with Gasteiger partial charge in [-0.3, -0.25) is 4.79 Å². The number of carbonyl (C=O) groups excluding carboxylic acids is 1. The molecule has 0 unspecified atom stereocenters. The number of ether oxygens (including phenoxy) is 1. The van der Waals surface area contributed by atoms with Crippen molar-refractivity contribution in [2.75, 3.05) is 18.1 Å². The van der Waals surface area contributed by atoms with Crippen LogP contribution in [0.4, 0.5) is 0 Å². The Kier molecular flexibility index (Phi) is 6.39. The summed E-state index contributed by atoms with van der Waals surface area (Å²) in [6, 6.07) is 17.4. The molecule has 1 fully saturated rings. The molecule has 150 valence electrons. The topological polar surface area (TPSA) is 63.7 Å². The van der Waals surface area contributed by atoms with Crippen molar-refractivity contribution in [3.63, 3.8) is 0 Å². The lowest BCUT2D eigenvalue weighted by Gasteiger charge is -2.33. The summed E-state index contributed by atoms with van der Waals surface area (Å²) in [5, 5.41) is 0. The monoisotopic (exact) mass is 401 g/mol. The minimum atomic E-state index is -3.05. The lowest BCUT2D eigenvalue weighted by Crippen LogP contribution is -2.48. The molecule has 1 heterocycles. The predicted molar refractivity (Wildman–Crippen MR) is 111 cm³/mol. The Hall–Kier alpha value is -2.34. The highest BCUT2D eigenvalue weighted by Gasteiger charge is 2.36. The molecule has 0 spiro atoms. The minimum absolute atomic E-state index is 0.0187. The molecule has 6 heteroatoms. The van der Waals surface area contributed by atoms with Crippen molar-refractivity contribution in [1.82, 2.24) is 4.90 Å². The first-order chi connectivity index (χ1) is 13.4. The van der Waals surface area contributed by atoms with E-state index in [1.165, 1.54) is 0 Å². The molecular weight excluding hydrogens is 374 g/mol. The maximum Gasteiger partial charge on any atom is 0.261 e. The number of carbonyl (C=O) groups is 1. The van der Waals surface area contributed by atoms with E-state index in [2.05, 4.69) is 0 Å². The van der Waals surface area contributed by atoms with Gasteiger partial charge in [-0.1, -0.05) is 49.4 Å². The molecule has 28 heavy (non-hydrogen) atoms. The van der Waals surface area contributed by atoms with Crippen molar-refractivity contribution in [2.45, 2.75) is 38.8 Å². The van der Waals surface area contributed by atoms with E-state index < -0.39 is 9.84 Å². The van der Waals surface area contributed by atoms with Crippen LogP contribution < -0.4 is 4.74 Å². The molecule has 2 aromatic carbocycles. The van der Waals surface area contributed by atoms with Gasteiger partial charge >= 0.3 is 0 Å². The first kappa shape index (κ1) is 20.4. The maximum atomic E-state index is 12.8. The van der Waals surface area contributed by atoms with E-state index in [1.807, 2.05) is 68.4 Å². The van der Waals surface area contributed by atoms with Crippen molar-refractivity contribution < 1.29 is 17.9 Å². The van der Waals surface area contributed by atoms with Gasteiger partial charge in [0.2, 0.25) is 0 Å². The average Bonchev–Trinajstić information content (AvgIpc) is 3.06. The second-order valence-electron chi connectivity index (χ2n) is 7.29. The summed E-state index contributed by atoms with van der Waals surface area (Å²) in [6.45, 7) is 3.86. The first-order valence-corrected chi connectivity index (χ1v) is 11.5. The zero-order valence-corrected chi connectivity index (χ0v) is 17.2. The smallest absolute Gasteiger partial charge is 0.261 e.